The normalized spacial score (nSPS) is 14.3. The molecule has 1 saturated heterocycles. The number of anilines is 2. The van der Waals surface area contributed by atoms with Gasteiger partial charge in [0.05, 0.1) is 24.7 Å². The highest BCUT2D eigenvalue weighted by molar-refractivity contribution is 5.61. The van der Waals surface area contributed by atoms with E-state index in [4.69, 9.17) is 9.72 Å². The molecule has 27 heavy (non-hydrogen) atoms. The van der Waals surface area contributed by atoms with Crippen LogP contribution in [0.4, 0.5) is 11.5 Å². The molecule has 3 aromatic rings. The average molecular weight is 361 g/mol. The minimum absolute atomic E-state index is 0.667. The molecule has 0 unspecified atom stereocenters. The first-order valence-electron chi connectivity index (χ1n) is 9.28. The highest BCUT2D eigenvalue weighted by Gasteiger charge is 2.19. The fourth-order valence-electron chi connectivity index (χ4n) is 3.28. The molecular formula is C21H23N5O. The zero-order valence-electron chi connectivity index (χ0n) is 15.5. The van der Waals surface area contributed by atoms with Crippen LogP contribution in [0.1, 0.15) is 6.92 Å². The molecule has 2 aromatic heterocycles. The standard InChI is InChI=1S/C21H23N5O/c1-2-27-19-5-3-17(4-6-19)20-15-23-16-21(24-20)26-13-11-25(12-14-26)18-7-9-22-10-8-18/h3-10,15-16H,2,11-14H2,1H3. The van der Waals surface area contributed by atoms with Gasteiger partial charge in [-0.3, -0.25) is 9.97 Å². The molecule has 1 fully saturated rings. The Bertz CT molecular complexity index is 861. The topological polar surface area (TPSA) is 54.4 Å². The summed E-state index contributed by atoms with van der Waals surface area (Å²) in [5, 5.41) is 0. The maximum atomic E-state index is 5.51. The Morgan fingerprint density at radius 3 is 2.26 bits per heavy atom. The number of hydrogen-bond acceptors (Lipinski definition) is 6. The van der Waals surface area contributed by atoms with Crippen LogP contribution in [0.25, 0.3) is 11.3 Å². The third-order valence-corrected chi connectivity index (χ3v) is 4.71. The van der Waals surface area contributed by atoms with Crippen LogP contribution >= 0.6 is 0 Å². The van der Waals surface area contributed by atoms with Crippen molar-refractivity contribution in [3.8, 4) is 17.0 Å². The summed E-state index contributed by atoms with van der Waals surface area (Å²) >= 11 is 0. The van der Waals surface area contributed by atoms with E-state index in [-0.39, 0.29) is 0 Å². The van der Waals surface area contributed by atoms with E-state index in [0.29, 0.717) is 6.61 Å². The lowest BCUT2D eigenvalue weighted by Gasteiger charge is -2.36. The molecule has 0 radical (unpaired) electrons. The second kappa shape index (κ2) is 8.03. The third kappa shape index (κ3) is 4.00. The summed E-state index contributed by atoms with van der Waals surface area (Å²) in [6.07, 6.45) is 7.34. The minimum Gasteiger partial charge on any atom is -0.494 e. The number of benzene rings is 1. The van der Waals surface area contributed by atoms with Gasteiger partial charge in [-0.05, 0) is 43.3 Å². The molecule has 0 bridgehead atoms. The smallest absolute Gasteiger partial charge is 0.147 e. The van der Waals surface area contributed by atoms with Crippen molar-refractivity contribution in [2.24, 2.45) is 0 Å². The second-order valence-electron chi connectivity index (χ2n) is 6.40. The first kappa shape index (κ1) is 17.3. The maximum Gasteiger partial charge on any atom is 0.147 e. The number of aromatic nitrogens is 3. The lowest BCUT2D eigenvalue weighted by molar-refractivity contribution is 0.340. The van der Waals surface area contributed by atoms with Gasteiger partial charge < -0.3 is 14.5 Å². The SMILES string of the molecule is CCOc1ccc(-c2cncc(N3CCN(c4ccncc4)CC3)n2)cc1. The quantitative estimate of drug-likeness (QED) is 0.695. The maximum absolute atomic E-state index is 5.51. The van der Waals surface area contributed by atoms with Gasteiger partial charge in [0.2, 0.25) is 0 Å². The Morgan fingerprint density at radius 1 is 0.852 bits per heavy atom. The molecule has 0 saturated carbocycles. The van der Waals surface area contributed by atoms with E-state index >= 15 is 0 Å². The third-order valence-electron chi connectivity index (χ3n) is 4.71. The number of pyridine rings is 1. The molecule has 138 valence electrons. The highest BCUT2D eigenvalue weighted by atomic mass is 16.5. The van der Waals surface area contributed by atoms with Gasteiger partial charge in [-0.15, -0.1) is 0 Å². The Hall–Kier alpha value is -3.15. The second-order valence-corrected chi connectivity index (χ2v) is 6.40. The molecule has 0 atom stereocenters. The van der Waals surface area contributed by atoms with Crippen molar-refractivity contribution in [2.45, 2.75) is 6.92 Å². The van der Waals surface area contributed by atoms with Gasteiger partial charge in [0.15, 0.2) is 0 Å². The number of ether oxygens (including phenoxy) is 1. The van der Waals surface area contributed by atoms with E-state index < -0.39 is 0 Å². The van der Waals surface area contributed by atoms with E-state index in [9.17, 15) is 0 Å². The van der Waals surface area contributed by atoms with Crippen molar-refractivity contribution in [3.05, 3.63) is 61.2 Å². The molecular weight excluding hydrogens is 338 g/mol. The van der Waals surface area contributed by atoms with Crippen molar-refractivity contribution in [1.82, 2.24) is 15.0 Å². The van der Waals surface area contributed by atoms with E-state index in [0.717, 1.165) is 49.0 Å². The van der Waals surface area contributed by atoms with Crippen LogP contribution in [-0.4, -0.2) is 47.7 Å². The van der Waals surface area contributed by atoms with Crippen molar-refractivity contribution >= 4 is 11.5 Å². The van der Waals surface area contributed by atoms with E-state index in [1.807, 2.05) is 56.0 Å². The molecule has 4 rings (SSSR count). The largest absolute Gasteiger partial charge is 0.494 e. The van der Waals surface area contributed by atoms with Crippen molar-refractivity contribution < 1.29 is 4.74 Å². The Balaban J connectivity index is 1.45. The lowest BCUT2D eigenvalue weighted by atomic mass is 10.1. The monoisotopic (exact) mass is 361 g/mol. The van der Waals surface area contributed by atoms with Gasteiger partial charge in [0.1, 0.15) is 11.6 Å². The summed E-state index contributed by atoms with van der Waals surface area (Å²) in [4.78, 5) is 18.0. The zero-order chi connectivity index (χ0) is 18.5. The van der Waals surface area contributed by atoms with E-state index in [2.05, 4.69) is 31.9 Å². The molecule has 0 aliphatic carbocycles. The van der Waals surface area contributed by atoms with Gasteiger partial charge in [-0.1, -0.05) is 0 Å². The molecule has 6 nitrogen and oxygen atoms in total. The number of hydrogen-bond donors (Lipinski definition) is 0. The fraction of sp³-hybridized carbons (Fsp3) is 0.286. The van der Waals surface area contributed by atoms with Crippen molar-refractivity contribution in [2.75, 3.05) is 42.6 Å². The summed E-state index contributed by atoms with van der Waals surface area (Å²) in [6.45, 7) is 6.41. The van der Waals surface area contributed by atoms with Gasteiger partial charge in [-0.25, -0.2) is 4.98 Å². The van der Waals surface area contributed by atoms with Crippen LogP contribution < -0.4 is 14.5 Å². The summed E-state index contributed by atoms with van der Waals surface area (Å²) in [5.74, 6) is 1.80. The zero-order valence-corrected chi connectivity index (χ0v) is 15.5. The van der Waals surface area contributed by atoms with Crippen LogP contribution in [0.5, 0.6) is 5.75 Å². The molecule has 1 aliphatic heterocycles. The van der Waals surface area contributed by atoms with Crippen molar-refractivity contribution in [1.29, 1.82) is 0 Å². The van der Waals surface area contributed by atoms with Crippen LogP contribution in [0, 0.1) is 0 Å². The predicted molar refractivity (Wildman–Crippen MR) is 107 cm³/mol. The average Bonchev–Trinajstić information content (AvgIpc) is 2.75. The summed E-state index contributed by atoms with van der Waals surface area (Å²) in [7, 11) is 0. The number of rotatable bonds is 5. The van der Waals surface area contributed by atoms with E-state index in [1.165, 1.54) is 5.69 Å². The molecule has 6 heteroatoms. The highest BCUT2D eigenvalue weighted by Crippen LogP contribution is 2.23. The minimum atomic E-state index is 0.667. The summed E-state index contributed by atoms with van der Waals surface area (Å²) < 4.78 is 5.51. The lowest BCUT2D eigenvalue weighted by Crippen LogP contribution is -2.46. The first-order chi connectivity index (χ1) is 13.3. The van der Waals surface area contributed by atoms with Gasteiger partial charge in [0.25, 0.3) is 0 Å². The fourth-order valence-corrected chi connectivity index (χ4v) is 3.28. The van der Waals surface area contributed by atoms with Crippen LogP contribution in [0.3, 0.4) is 0 Å². The number of nitrogens with zero attached hydrogens (tertiary/aromatic N) is 5. The summed E-state index contributed by atoms with van der Waals surface area (Å²) in [5.41, 5.74) is 3.15. The molecule has 1 aliphatic rings. The molecule has 0 amide bonds. The first-order valence-corrected chi connectivity index (χ1v) is 9.28. The Labute approximate surface area is 159 Å². The molecule has 3 heterocycles. The predicted octanol–water partition coefficient (Wildman–Crippen LogP) is 3.26. The molecule has 0 spiro atoms. The molecule has 0 N–H and O–H groups in total. The Morgan fingerprint density at radius 2 is 1.56 bits per heavy atom. The Kier molecular flexibility index (Phi) is 5.14. The summed E-state index contributed by atoms with van der Waals surface area (Å²) in [6, 6.07) is 12.1. The molecule has 1 aromatic carbocycles. The van der Waals surface area contributed by atoms with Gasteiger partial charge in [-0.2, -0.15) is 0 Å². The van der Waals surface area contributed by atoms with E-state index in [1.54, 1.807) is 0 Å². The van der Waals surface area contributed by atoms with Crippen molar-refractivity contribution in [3.63, 3.8) is 0 Å². The van der Waals surface area contributed by atoms with Crippen LogP contribution in [0.15, 0.2) is 61.2 Å². The van der Waals surface area contributed by atoms with Gasteiger partial charge >= 0.3 is 0 Å². The van der Waals surface area contributed by atoms with Crippen LogP contribution in [0.2, 0.25) is 0 Å². The van der Waals surface area contributed by atoms with Gasteiger partial charge in [0, 0.05) is 49.8 Å². The number of piperazine rings is 1. The van der Waals surface area contributed by atoms with Crippen LogP contribution in [-0.2, 0) is 0 Å².